The maximum absolute atomic E-state index is 12.9. The summed E-state index contributed by atoms with van der Waals surface area (Å²) in [5, 5.41) is 5.83. The number of amides is 1. The highest BCUT2D eigenvalue weighted by Crippen LogP contribution is 2.14. The van der Waals surface area contributed by atoms with E-state index >= 15 is 0 Å². The van der Waals surface area contributed by atoms with Crippen molar-refractivity contribution in [3.63, 3.8) is 0 Å². The van der Waals surface area contributed by atoms with Gasteiger partial charge in [0.1, 0.15) is 11.6 Å². The Hall–Kier alpha value is -2.14. The quantitative estimate of drug-likeness (QED) is 0.904. The molecule has 0 atom stereocenters. The molecule has 1 amide bonds. The summed E-state index contributed by atoms with van der Waals surface area (Å²) in [6.45, 7) is -0.106. The van der Waals surface area contributed by atoms with Crippen molar-refractivity contribution in [2.24, 2.45) is 0 Å². The van der Waals surface area contributed by atoms with Crippen LogP contribution in [0.4, 0.5) is 20.2 Å². The molecule has 0 aliphatic heterocycles. The molecule has 2 rings (SSSR count). The lowest BCUT2D eigenvalue weighted by Crippen LogP contribution is -2.21. The number of hydrogen-bond donors (Lipinski definition) is 2. The van der Waals surface area contributed by atoms with Gasteiger partial charge in [-0.2, -0.15) is 0 Å². The Bertz CT molecular complexity index is 597. The molecule has 104 valence electrons. The van der Waals surface area contributed by atoms with Crippen LogP contribution in [0.25, 0.3) is 0 Å². The van der Waals surface area contributed by atoms with E-state index in [1.165, 1.54) is 0 Å². The topological polar surface area (TPSA) is 41.1 Å². The zero-order chi connectivity index (χ0) is 14.5. The van der Waals surface area contributed by atoms with Gasteiger partial charge in [-0.25, -0.2) is 8.78 Å². The molecule has 0 spiro atoms. The van der Waals surface area contributed by atoms with Crippen LogP contribution >= 0.6 is 11.6 Å². The lowest BCUT2D eigenvalue weighted by atomic mass is 10.3. The molecule has 0 fully saturated rings. The Balaban J connectivity index is 1.90. The van der Waals surface area contributed by atoms with Crippen molar-refractivity contribution < 1.29 is 13.6 Å². The van der Waals surface area contributed by atoms with Crippen LogP contribution in [0.3, 0.4) is 0 Å². The highest BCUT2D eigenvalue weighted by molar-refractivity contribution is 6.30. The molecule has 0 aliphatic carbocycles. The summed E-state index contributed by atoms with van der Waals surface area (Å²) in [5.74, 6) is -1.74. The fraction of sp³-hybridized carbons (Fsp3) is 0.0714. The van der Waals surface area contributed by atoms with Gasteiger partial charge < -0.3 is 10.6 Å². The summed E-state index contributed by atoms with van der Waals surface area (Å²) in [5.41, 5.74) is 0.792. The predicted octanol–water partition coefficient (Wildman–Crippen LogP) is 3.67. The first-order valence-corrected chi connectivity index (χ1v) is 6.16. The van der Waals surface area contributed by atoms with E-state index in [9.17, 15) is 13.6 Å². The van der Waals surface area contributed by atoms with Crippen molar-refractivity contribution in [3.05, 3.63) is 59.1 Å². The summed E-state index contributed by atoms with van der Waals surface area (Å²) in [6.07, 6.45) is 0. The van der Waals surface area contributed by atoms with Crippen molar-refractivity contribution in [1.82, 2.24) is 0 Å². The average Bonchev–Trinajstić information content (AvgIpc) is 2.38. The van der Waals surface area contributed by atoms with Crippen LogP contribution in [-0.4, -0.2) is 12.5 Å². The standard InChI is InChI=1S/C14H11ClF2N2O/c15-9-1-3-12(4-2-9)19-14(20)8-18-13-6-10(16)5-11(17)7-13/h1-7,18H,8H2,(H,19,20). The van der Waals surface area contributed by atoms with Crippen LogP contribution in [-0.2, 0) is 4.79 Å². The smallest absolute Gasteiger partial charge is 0.243 e. The van der Waals surface area contributed by atoms with Gasteiger partial charge in [0.25, 0.3) is 0 Å². The second-order valence-electron chi connectivity index (χ2n) is 4.07. The van der Waals surface area contributed by atoms with Gasteiger partial charge in [0.15, 0.2) is 0 Å². The van der Waals surface area contributed by atoms with Gasteiger partial charge in [0, 0.05) is 22.5 Å². The molecule has 0 aromatic heterocycles. The van der Waals surface area contributed by atoms with E-state index in [0.29, 0.717) is 10.7 Å². The lowest BCUT2D eigenvalue weighted by molar-refractivity contribution is -0.114. The molecule has 0 radical (unpaired) electrons. The Kier molecular flexibility index (Phi) is 4.53. The molecule has 0 aliphatic rings. The third-order valence-corrected chi connectivity index (χ3v) is 2.70. The first-order chi connectivity index (χ1) is 9.52. The van der Waals surface area contributed by atoms with Crippen LogP contribution in [0.5, 0.6) is 0 Å². The van der Waals surface area contributed by atoms with Gasteiger partial charge >= 0.3 is 0 Å². The highest BCUT2D eigenvalue weighted by atomic mass is 35.5. The van der Waals surface area contributed by atoms with E-state index in [0.717, 1.165) is 18.2 Å². The molecule has 0 unspecified atom stereocenters. The van der Waals surface area contributed by atoms with Gasteiger partial charge in [-0.05, 0) is 36.4 Å². The van der Waals surface area contributed by atoms with Crippen molar-refractivity contribution in [2.45, 2.75) is 0 Å². The van der Waals surface area contributed by atoms with Crippen LogP contribution in [0.15, 0.2) is 42.5 Å². The largest absolute Gasteiger partial charge is 0.376 e. The first-order valence-electron chi connectivity index (χ1n) is 5.78. The molecule has 2 aromatic rings. The molecule has 6 heteroatoms. The number of rotatable bonds is 4. The van der Waals surface area contributed by atoms with Crippen LogP contribution in [0.1, 0.15) is 0 Å². The number of benzene rings is 2. The van der Waals surface area contributed by atoms with E-state index < -0.39 is 11.6 Å². The van der Waals surface area contributed by atoms with Gasteiger partial charge in [0.2, 0.25) is 5.91 Å². The van der Waals surface area contributed by atoms with E-state index in [2.05, 4.69) is 10.6 Å². The molecule has 0 saturated carbocycles. The summed E-state index contributed by atoms with van der Waals surface area (Å²) in [6, 6.07) is 9.58. The van der Waals surface area contributed by atoms with Crippen LogP contribution < -0.4 is 10.6 Å². The lowest BCUT2D eigenvalue weighted by Gasteiger charge is -2.08. The van der Waals surface area contributed by atoms with E-state index in [1.807, 2.05) is 0 Å². The third kappa shape index (κ3) is 4.20. The third-order valence-electron chi connectivity index (χ3n) is 2.44. The van der Waals surface area contributed by atoms with E-state index in [1.54, 1.807) is 24.3 Å². The van der Waals surface area contributed by atoms with E-state index in [4.69, 9.17) is 11.6 Å². The maximum Gasteiger partial charge on any atom is 0.243 e. The fourth-order valence-corrected chi connectivity index (χ4v) is 1.70. The second-order valence-corrected chi connectivity index (χ2v) is 4.50. The number of nitrogens with one attached hydrogen (secondary N) is 2. The molecule has 3 nitrogen and oxygen atoms in total. The number of hydrogen-bond acceptors (Lipinski definition) is 2. The van der Waals surface area contributed by atoms with Gasteiger partial charge in [-0.1, -0.05) is 11.6 Å². The Morgan fingerprint density at radius 1 is 1.00 bits per heavy atom. The van der Waals surface area contributed by atoms with Crippen molar-refractivity contribution in [1.29, 1.82) is 0 Å². The number of anilines is 2. The summed E-state index contributed by atoms with van der Waals surface area (Å²) >= 11 is 5.72. The molecule has 0 bridgehead atoms. The normalized spacial score (nSPS) is 10.2. The molecule has 2 N–H and O–H groups in total. The zero-order valence-corrected chi connectivity index (χ0v) is 11.0. The van der Waals surface area contributed by atoms with E-state index in [-0.39, 0.29) is 18.1 Å². The molecule has 2 aromatic carbocycles. The van der Waals surface area contributed by atoms with Gasteiger partial charge in [-0.3, -0.25) is 4.79 Å². The number of carbonyl (C=O) groups excluding carboxylic acids is 1. The zero-order valence-electron chi connectivity index (χ0n) is 10.3. The van der Waals surface area contributed by atoms with Crippen molar-refractivity contribution in [3.8, 4) is 0 Å². The van der Waals surface area contributed by atoms with Gasteiger partial charge in [-0.15, -0.1) is 0 Å². The summed E-state index contributed by atoms with van der Waals surface area (Å²) < 4.78 is 25.9. The molecular weight excluding hydrogens is 286 g/mol. The highest BCUT2D eigenvalue weighted by Gasteiger charge is 2.04. The van der Waals surface area contributed by atoms with Crippen LogP contribution in [0, 0.1) is 11.6 Å². The number of halogens is 3. The minimum Gasteiger partial charge on any atom is -0.376 e. The summed E-state index contributed by atoms with van der Waals surface area (Å²) in [7, 11) is 0. The SMILES string of the molecule is O=C(CNc1cc(F)cc(F)c1)Nc1ccc(Cl)cc1. The van der Waals surface area contributed by atoms with Gasteiger partial charge in [0.05, 0.1) is 6.54 Å². The first kappa shape index (κ1) is 14.3. The second kappa shape index (κ2) is 6.34. The molecule has 0 heterocycles. The van der Waals surface area contributed by atoms with Crippen molar-refractivity contribution >= 4 is 28.9 Å². The Morgan fingerprint density at radius 2 is 1.60 bits per heavy atom. The van der Waals surface area contributed by atoms with Crippen molar-refractivity contribution in [2.75, 3.05) is 17.2 Å². The minimum atomic E-state index is -0.703. The molecular formula is C14H11ClF2N2O. The average molecular weight is 297 g/mol. The molecule has 0 saturated heterocycles. The fourth-order valence-electron chi connectivity index (χ4n) is 1.58. The Labute approximate surface area is 119 Å². The Morgan fingerprint density at radius 3 is 2.20 bits per heavy atom. The predicted molar refractivity (Wildman–Crippen MR) is 74.9 cm³/mol. The minimum absolute atomic E-state index is 0.106. The number of carbonyl (C=O) groups is 1. The van der Waals surface area contributed by atoms with Crippen LogP contribution in [0.2, 0.25) is 5.02 Å². The monoisotopic (exact) mass is 296 g/mol. The maximum atomic E-state index is 12.9. The molecule has 20 heavy (non-hydrogen) atoms. The summed E-state index contributed by atoms with van der Waals surface area (Å²) in [4.78, 5) is 11.6.